The molecule has 1 aromatic carbocycles. The Bertz CT molecular complexity index is 1020. The standard InChI is InChI=1S/C29H44N4O5/c1-9-11-14-19-33(26(36)22(17-18-23(30)34)31-27(37)38-29(6,7)8)24(25(35)32-28(3,4)5)21-16-13-12-15-20(21)10-2/h2,12-13,15-16,22,24H,9,11,14,17-19H2,1,3-8H3,(H2,30,34)(H,31,37)(H,32,35). The third-order valence-electron chi connectivity index (χ3n) is 5.42. The Morgan fingerprint density at radius 3 is 2.24 bits per heavy atom. The number of hydrogen-bond acceptors (Lipinski definition) is 5. The number of nitrogens with zero attached hydrogens (tertiary/aromatic N) is 1. The SMILES string of the molecule is C#Cc1ccccc1C(C(=O)NC(C)(C)C)N(CCCCC)C(=O)C(CCC(N)=O)NC(=O)OC(C)(C)C. The highest BCUT2D eigenvalue weighted by Gasteiger charge is 2.38. The summed E-state index contributed by atoms with van der Waals surface area (Å²) < 4.78 is 5.36. The van der Waals surface area contributed by atoms with E-state index < -0.39 is 47.0 Å². The third kappa shape index (κ3) is 11.2. The molecule has 0 aliphatic heterocycles. The van der Waals surface area contributed by atoms with Crippen LogP contribution in [0.2, 0.25) is 0 Å². The number of carbonyl (C=O) groups is 4. The van der Waals surface area contributed by atoms with Gasteiger partial charge in [-0.1, -0.05) is 43.9 Å². The van der Waals surface area contributed by atoms with E-state index in [1.165, 1.54) is 4.90 Å². The Hall–Kier alpha value is -3.54. The average molecular weight is 529 g/mol. The van der Waals surface area contributed by atoms with Gasteiger partial charge in [-0.3, -0.25) is 14.4 Å². The number of benzene rings is 1. The molecule has 1 aromatic rings. The van der Waals surface area contributed by atoms with Crippen LogP contribution in [0.4, 0.5) is 4.79 Å². The van der Waals surface area contributed by atoms with Gasteiger partial charge in [0.2, 0.25) is 17.7 Å². The zero-order valence-electron chi connectivity index (χ0n) is 23.8. The molecule has 0 bridgehead atoms. The van der Waals surface area contributed by atoms with Gasteiger partial charge in [0.1, 0.15) is 17.7 Å². The van der Waals surface area contributed by atoms with Crippen LogP contribution in [0.25, 0.3) is 0 Å². The number of hydrogen-bond donors (Lipinski definition) is 3. The van der Waals surface area contributed by atoms with Gasteiger partial charge in [-0.25, -0.2) is 4.79 Å². The van der Waals surface area contributed by atoms with Gasteiger partial charge in [-0.2, -0.15) is 0 Å². The van der Waals surface area contributed by atoms with Crippen LogP contribution < -0.4 is 16.4 Å². The van der Waals surface area contributed by atoms with Gasteiger partial charge < -0.3 is 26.0 Å². The molecule has 9 nitrogen and oxygen atoms in total. The molecule has 4 N–H and O–H groups in total. The van der Waals surface area contributed by atoms with Gasteiger partial charge in [0, 0.05) is 24.1 Å². The summed E-state index contributed by atoms with van der Waals surface area (Å²) in [5.41, 5.74) is 4.94. The maximum atomic E-state index is 14.1. The molecule has 0 heterocycles. The second-order valence-electron chi connectivity index (χ2n) is 11.3. The highest BCUT2D eigenvalue weighted by molar-refractivity contribution is 5.93. The van der Waals surface area contributed by atoms with E-state index in [2.05, 4.69) is 16.6 Å². The number of nitrogens with one attached hydrogen (secondary N) is 2. The first-order valence-corrected chi connectivity index (χ1v) is 13.1. The molecule has 0 spiro atoms. The largest absolute Gasteiger partial charge is 0.444 e. The molecule has 0 aromatic heterocycles. The van der Waals surface area contributed by atoms with Crippen LogP contribution in [0.1, 0.15) is 97.7 Å². The predicted octanol–water partition coefficient (Wildman–Crippen LogP) is 3.80. The Morgan fingerprint density at radius 1 is 1.08 bits per heavy atom. The summed E-state index contributed by atoms with van der Waals surface area (Å²) in [7, 11) is 0. The van der Waals surface area contributed by atoms with Crippen molar-refractivity contribution in [2.75, 3.05) is 6.54 Å². The lowest BCUT2D eigenvalue weighted by molar-refractivity contribution is -0.143. The molecule has 2 unspecified atom stereocenters. The van der Waals surface area contributed by atoms with E-state index in [1.54, 1.807) is 45.0 Å². The minimum Gasteiger partial charge on any atom is -0.444 e. The molecule has 2 atom stereocenters. The summed E-state index contributed by atoms with van der Waals surface area (Å²) in [5.74, 6) is 1.05. The molecule has 38 heavy (non-hydrogen) atoms. The number of unbranched alkanes of at least 4 members (excludes halogenated alkanes) is 2. The smallest absolute Gasteiger partial charge is 0.408 e. The average Bonchev–Trinajstić information content (AvgIpc) is 2.78. The number of rotatable bonds is 12. The molecule has 210 valence electrons. The fraction of sp³-hybridized carbons (Fsp3) is 0.586. The number of ether oxygens (including phenoxy) is 1. The summed E-state index contributed by atoms with van der Waals surface area (Å²) in [4.78, 5) is 53.5. The summed E-state index contributed by atoms with van der Waals surface area (Å²) >= 11 is 0. The molecule has 0 saturated carbocycles. The van der Waals surface area contributed by atoms with Crippen molar-refractivity contribution in [1.82, 2.24) is 15.5 Å². The Morgan fingerprint density at radius 2 is 1.71 bits per heavy atom. The molecule has 4 amide bonds. The van der Waals surface area contributed by atoms with Crippen molar-refractivity contribution >= 4 is 23.8 Å². The van der Waals surface area contributed by atoms with Crippen molar-refractivity contribution in [3.8, 4) is 12.3 Å². The van der Waals surface area contributed by atoms with E-state index in [9.17, 15) is 19.2 Å². The zero-order chi connectivity index (χ0) is 29.1. The van der Waals surface area contributed by atoms with Crippen molar-refractivity contribution in [3.05, 3.63) is 35.4 Å². The fourth-order valence-electron chi connectivity index (χ4n) is 3.85. The molecule has 1 rings (SSSR count). The number of primary amides is 1. The highest BCUT2D eigenvalue weighted by atomic mass is 16.6. The van der Waals surface area contributed by atoms with Crippen molar-refractivity contribution in [2.45, 2.75) is 104 Å². The monoisotopic (exact) mass is 528 g/mol. The summed E-state index contributed by atoms with van der Waals surface area (Å²) in [6.45, 7) is 12.9. The molecule has 0 saturated heterocycles. The maximum Gasteiger partial charge on any atom is 0.408 e. The zero-order valence-corrected chi connectivity index (χ0v) is 23.8. The normalized spacial score (nSPS) is 13.0. The lowest BCUT2D eigenvalue weighted by Crippen LogP contribution is -2.55. The number of carbonyl (C=O) groups excluding carboxylic acids is 4. The van der Waals surface area contributed by atoms with Crippen LogP contribution in [0, 0.1) is 12.3 Å². The number of terminal acetylenes is 1. The molecule has 0 radical (unpaired) electrons. The van der Waals surface area contributed by atoms with Crippen molar-refractivity contribution in [3.63, 3.8) is 0 Å². The molecule has 9 heteroatoms. The van der Waals surface area contributed by atoms with E-state index in [0.29, 0.717) is 17.5 Å². The van der Waals surface area contributed by atoms with E-state index >= 15 is 0 Å². The van der Waals surface area contributed by atoms with Gasteiger partial charge in [0.25, 0.3) is 0 Å². The number of nitrogens with two attached hydrogens (primary N) is 1. The van der Waals surface area contributed by atoms with Crippen LogP contribution in [-0.4, -0.2) is 52.4 Å². The summed E-state index contributed by atoms with van der Waals surface area (Å²) in [6, 6.07) is 4.74. The Balaban J connectivity index is 3.63. The van der Waals surface area contributed by atoms with Gasteiger partial charge in [0.15, 0.2) is 0 Å². The first kappa shape index (κ1) is 32.5. The van der Waals surface area contributed by atoms with Crippen molar-refractivity contribution in [1.29, 1.82) is 0 Å². The van der Waals surface area contributed by atoms with Crippen LogP contribution in [0.5, 0.6) is 0 Å². The summed E-state index contributed by atoms with van der Waals surface area (Å²) in [6.07, 6.45) is 7.09. The number of alkyl carbamates (subject to hydrolysis) is 1. The second-order valence-corrected chi connectivity index (χ2v) is 11.3. The van der Waals surface area contributed by atoms with E-state index in [0.717, 1.165) is 12.8 Å². The van der Waals surface area contributed by atoms with Crippen LogP contribution in [-0.2, 0) is 19.1 Å². The highest BCUT2D eigenvalue weighted by Crippen LogP contribution is 2.27. The predicted molar refractivity (Wildman–Crippen MR) is 148 cm³/mol. The van der Waals surface area contributed by atoms with Gasteiger partial charge >= 0.3 is 6.09 Å². The molecule has 0 aliphatic carbocycles. The third-order valence-corrected chi connectivity index (χ3v) is 5.42. The van der Waals surface area contributed by atoms with E-state index in [-0.39, 0.29) is 19.4 Å². The van der Waals surface area contributed by atoms with E-state index in [1.807, 2.05) is 27.7 Å². The molecular formula is C29H44N4O5. The van der Waals surface area contributed by atoms with Gasteiger partial charge in [-0.15, -0.1) is 6.42 Å². The van der Waals surface area contributed by atoms with Crippen LogP contribution >= 0.6 is 0 Å². The maximum absolute atomic E-state index is 14.1. The molecule has 0 aliphatic rings. The topological polar surface area (TPSA) is 131 Å². The lowest BCUT2D eigenvalue weighted by Gasteiger charge is -2.36. The quantitative estimate of drug-likeness (QED) is 0.281. The summed E-state index contributed by atoms with van der Waals surface area (Å²) in [5, 5.41) is 5.56. The molecular weight excluding hydrogens is 484 g/mol. The fourth-order valence-corrected chi connectivity index (χ4v) is 3.85. The van der Waals surface area contributed by atoms with Gasteiger partial charge in [-0.05, 0) is 66.0 Å². The first-order valence-electron chi connectivity index (χ1n) is 13.1. The van der Waals surface area contributed by atoms with E-state index in [4.69, 9.17) is 16.9 Å². The van der Waals surface area contributed by atoms with Crippen molar-refractivity contribution in [2.24, 2.45) is 5.73 Å². The number of amides is 4. The first-order chi connectivity index (χ1) is 17.6. The van der Waals surface area contributed by atoms with Crippen molar-refractivity contribution < 1.29 is 23.9 Å². The minimum absolute atomic E-state index is 0.0535. The Kier molecular flexibility index (Phi) is 12.3. The molecule has 0 fully saturated rings. The van der Waals surface area contributed by atoms with Crippen LogP contribution in [0.15, 0.2) is 24.3 Å². The minimum atomic E-state index is -1.15. The van der Waals surface area contributed by atoms with Crippen LogP contribution in [0.3, 0.4) is 0 Å². The lowest BCUT2D eigenvalue weighted by atomic mass is 9.95. The van der Waals surface area contributed by atoms with Gasteiger partial charge in [0.05, 0.1) is 0 Å². The Labute approximate surface area is 227 Å². The second kappa shape index (κ2) is 14.4.